The van der Waals surface area contributed by atoms with Crippen molar-refractivity contribution < 1.29 is 9.53 Å². The van der Waals surface area contributed by atoms with Crippen LogP contribution in [0.5, 0.6) is 5.75 Å². The lowest BCUT2D eigenvalue weighted by Crippen LogP contribution is -2.17. The van der Waals surface area contributed by atoms with Crippen LogP contribution in [0.15, 0.2) is 36.5 Å². The van der Waals surface area contributed by atoms with Crippen LogP contribution >= 0.6 is 0 Å². The molecule has 1 heterocycles. The normalized spacial score (nSPS) is 9.95. The van der Waals surface area contributed by atoms with E-state index in [0.29, 0.717) is 16.9 Å². The standard InChI is InChI=1S/C14H16N4O2/c1-9-7-13(18-15)12(8-16-9)14(19)17-10-3-5-11(20-2)6-4-10/h3-8H,15H2,1-2H3,(H,16,18)(H,17,19). The summed E-state index contributed by atoms with van der Waals surface area (Å²) in [6, 6.07) is 8.76. The Morgan fingerprint density at radius 3 is 2.60 bits per heavy atom. The van der Waals surface area contributed by atoms with Gasteiger partial charge in [0.05, 0.1) is 18.4 Å². The number of ether oxygens (including phenoxy) is 1. The van der Waals surface area contributed by atoms with Gasteiger partial charge in [-0.15, -0.1) is 0 Å². The fourth-order valence-corrected chi connectivity index (χ4v) is 1.73. The van der Waals surface area contributed by atoms with E-state index in [1.54, 1.807) is 37.4 Å². The second-order valence-corrected chi connectivity index (χ2v) is 4.20. The topological polar surface area (TPSA) is 89.3 Å². The summed E-state index contributed by atoms with van der Waals surface area (Å²) in [7, 11) is 1.59. The third-order valence-electron chi connectivity index (χ3n) is 2.79. The Labute approximate surface area is 116 Å². The van der Waals surface area contributed by atoms with Crippen molar-refractivity contribution in [1.82, 2.24) is 4.98 Å². The second kappa shape index (κ2) is 6.03. The molecule has 2 rings (SSSR count). The number of nitrogen functional groups attached to an aromatic ring is 1. The zero-order valence-electron chi connectivity index (χ0n) is 11.3. The lowest BCUT2D eigenvalue weighted by atomic mass is 10.2. The van der Waals surface area contributed by atoms with E-state index in [0.717, 1.165) is 11.4 Å². The van der Waals surface area contributed by atoms with Gasteiger partial charge in [0.2, 0.25) is 0 Å². The molecule has 0 aliphatic rings. The summed E-state index contributed by atoms with van der Waals surface area (Å²) in [5.74, 6) is 5.86. The lowest BCUT2D eigenvalue weighted by molar-refractivity contribution is 0.102. The van der Waals surface area contributed by atoms with Crippen molar-refractivity contribution in [2.75, 3.05) is 17.9 Å². The summed E-state index contributed by atoms with van der Waals surface area (Å²) in [6.45, 7) is 1.83. The molecule has 0 aliphatic carbocycles. The van der Waals surface area contributed by atoms with E-state index in [-0.39, 0.29) is 5.91 Å². The summed E-state index contributed by atoms with van der Waals surface area (Å²) in [5, 5.41) is 2.77. The number of amides is 1. The zero-order valence-corrected chi connectivity index (χ0v) is 11.3. The monoisotopic (exact) mass is 272 g/mol. The molecule has 104 valence electrons. The van der Waals surface area contributed by atoms with Crippen LogP contribution in [0.4, 0.5) is 11.4 Å². The third-order valence-corrected chi connectivity index (χ3v) is 2.79. The Morgan fingerprint density at radius 1 is 1.30 bits per heavy atom. The van der Waals surface area contributed by atoms with Crippen LogP contribution in [0.2, 0.25) is 0 Å². The maximum Gasteiger partial charge on any atom is 0.259 e. The summed E-state index contributed by atoms with van der Waals surface area (Å²) < 4.78 is 5.06. The highest BCUT2D eigenvalue weighted by atomic mass is 16.5. The van der Waals surface area contributed by atoms with Gasteiger partial charge in [-0.25, -0.2) is 0 Å². The molecule has 0 spiro atoms. The fraction of sp³-hybridized carbons (Fsp3) is 0.143. The van der Waals surface area contributed by atoms with Gasteiger partial charge in [0.1, 0.15) is 5.75 Å². The molecule has 0 unspecified atom stereocenters. The highest BCUT2D eigenvalue weighted by Crippen LogP contribution is 2.19. The van der Waals surface area contributed by atoms with Crippen LogP contribution in [0.1, 0.15) is 16.1 Å². The van der Waals surface area contributed by atoms with Crippen molar-refractivity contribution in [3.8, 4) is 5.75 Å². The molecule has 1 amide bonds. The van der Waals surface area contributed by atoms with Gasteiger partial charge in [-0.2, -0.15) is 0 Å². The average Bonchev–Trinajstić information content (AvgIpc) is 2.47. The van der Waals surface area contributed by atoms with Gasteiger partial charge in [0.25, 0.3) is 5.91 Å². The third kappa shape index (κ3) is 3.04. The number of nitrogens with two attached hydrogens (primary N) is 1. The predicted octanol–water partition coefficient (Wildman–Crippen LogP) is 1.94. The molecule has 6 heteroatoms. The Balaban J connectivity index is 2.19. The van der Waals surface area contributed by atoms with Crippen molar-refractivity contribution in [1.29, 1.82) is 0 Å². The first kappa shape index (κ1) is 13.8. The molecule has 0 saturated heterocycles. The van der Waals surface area contributed by atoms with Crippen LogP contribution in [-0.2, 0) is 0 Å². The van der Waals surface area contributed by atoms with E-state index in [9.17, 15) is 4.79 Å². The number of carbonyl (C=O) groups excluding carboxylic acids is 1. The van der Waals surface area contributed by atoms with E-state index in [4.69, 9.17) is 10.6 Å². The van der Waals surface area contributed by atoms with Crippen molar-refractivity contribution in [2.24, 2.45) is 5.84 Å². The maximum atomic E-state index is 12.2. The van der Waals surface area contributed by atoms with Gasteiger partial charge in [0.15, 0.2) is 0 Å². The van der Waals surface area contributed by atoms with Gasteiger partial charge in [0, 0.05) is 17.6 Å². The Bertz CT molecular complexity index is 611. The molecule has 6 nitrogen and oxygen atoms in total. The van der Waals surface area contributed by atoms with Crippen molar-refractivity contribution >= 4 is 17.3 Å². The molecule has 0 radical (unpaired) electrons. The average molecular weight is 272 g/mol. The number of anilines is 2. The Hall–Kier alpha value is -2.60. The number of rotatable bonds is 4. The first-order valence-corrected chi connectivity index (χ1v) is 6.02. The van der Waals surface area contributed by atoms with Gasteiger partial charge in [-0.3, -0.25) is 15.6 Å². The van der Waals surface area contributed by atoms with E-state index in [1.165, 1.54) is 6.20 Å². The molecule has 2 aromatic rings. The number of hydrogen-bond acceptors (Lipinski definition) is 5. The Morgan fingerprint density at radius 2 is 2.00 bits per heavy atom. The minimum atomic E-state index is -0.282. The molecule has 0 saturated carbocycles. The zero-order chi connectivity index (χ0) is 14.5. The van der Waals surface area contributed by atoms with Gasteiger partial charge < -0.3 is 15.5 Å². The smallest absolute Gasteiger partial charge is 0.259 e. The first-order valence-electron chi connectivity index (χ1n) is 6.02. The number of aromatic nitrogens is 1. The number of aryl methyl sites for hydroxylation is 1. The maximum absolute atomic E-state index is 12.2. The largest absolute Gasteiger partial charge is 0.497 e. The minimum Gasteiger partial charge on any atom is -0.497 e. The molecule has 1 aromatic heterocycles. The van der Waals surface area contributed by atoms with Crippen molar-refractivity contribution in [2.45, 2.75) is 6.92 Å². The molecule has 0 aliphatic heterocycles. The molecular formula is C14H16N4O2. The number of methoxy groups -OCH3 is 1. The summed E-state index contributed by atoms with van der Waals surface area (Å²) in [5.41, 5.74) is 4.86. The number of nitrogens with zero attached hydrogens (tertiary/aromatic N) is 1. The first-order chi connectivity index (χ1) is 9.63. The number of carbonyl (C=O) groups is 1. The van der Waals surface area contributed by atoms with Crippen molar-refractivity contribution in [3.63, 3.8) is 0 Å². The van der Waals surface area contributed by atoms with Crippen LogP contribution in [0.3, 0.4) is 0 Å². The number of hydrazine groups is 1. The molecule has 0 atom stereocenters. The number of pyridine rings is 1. The lowest BCUT2D eigenvalue weighted by Gasteiger charge is -2.10. The number of nitrogens with one attached hydrogen (secondary N) is 2. The SMILES string of the molecule is COc1ccc(NC(=O)c2cnc(C)cc2NN)cc1. The van der Waals surface area contributed by atoms with E-state index < -0.39 is 0 Å². The second-order valence-electron chi connectivity index (χ2n) is 4.20. The molecule has 4 N–H and O–H groups in total. The van der Waals surface area contributed by atoms with Crippen molar-refractivity contribution in [3.05, 3.63) is 47.8 Å². The van der Waals surface area contributed by atoms with Gasteiger partial charge >= 0.3 is 0 Å². The molecule has 1 aromatic carbocycles. The molecule has 0 bridgehead atoms. The highest BCUT2D eigenvalue weighted by molar-refractivity contribution is 6.07. The van der Waals surface area contributed by atoms with Crippen LogP contribution in [0, 0.1) is 6.92 Å². The van der Waals surface area contributed by atoms with E-state index in [2.05, 4.69) is 15.7 Å². The van der Waals surface area contributed by atoms with Gasteiger partial charge in [-0.1, -0.05) is 0 Å². The van der Waals surface area contributed by atoms with Crippen LogP contribution in [0.25, 0.3) is 0 Å². The molecule has 20 heavy (non-hydrogen) atoms. The predicted molar refractivity (Wildman–Crippen MR) is 77.7 cm³/mol. The van der Waals surface area contributed by atoms with Crippen LogP contribution in [-0.4, -0.2) is 18.0 Å². The van der Waals surface area contributed by atoms with E-state index >= 15 is 0 Å². The highest BCUT2D eigenvalue weighted by Gasteiger charge is 2.12. The summed E-state index contributed by atoms with van der Waals surface area (Å²) in [4.78, 5) is 16.3. The molecule has 0 fully saturated rings. The quantitative estimate of drug-likeness (QED) is 0.584. The fourth-order valence-electron chi connectivity index (χ4n) is 1.73. The molecular weight excluding hydrogens is 256 g/mol. The Kier molecular flexibility index (Phi) is 4.17. The number of benzene rings is 1. The summed E-state index contributed by atoms with van der Waals surface area (Å²) in [6.07, 6.45) is 1.49. The van der Waals surface area contributed by atoms with E-state index in [1.807, 2.05) is 6.92 Å². The minimum absolute atomic E-state index is 0.282. The summed E-state index contributed by atoms with van der Waals surface area (Å²) >= 11 is 0. The van der Waals surface area contributed by atoms with Crippen LogP contribution < -0.4 is 21.3 Å². The number of hydrogen-bond donors (Lipinski definition) is 3. The van der Waals surface area contributed by atoms with Gasteiger partial charge in [-0.05, 0) is 37.3 Å².